The molecule has 1 N–H and O–H groups in total. The van der Waals surface area contributed by atoms with Crippen LogP contribution in [0.2, 0.25) is 0 Å². The molecule has 0 aromatic carbocycles. The maximum Gasteiger partial charge on any atom is 0.271 e. The molecular formula is C11H13N5O. The lowest BCUT2D eigenvalue weighted by molar-refractivity contribution is 0.0947. The smallest absolute Gasteiger partial charge is 0.271 e. The summed E-state index contributed by atoms with van der Waals surface area (Å²) in [6.07, 6.45) is 5.94. The normalized spacial score (nSPS) is 10.2. The van der Waals surface area contributed by atoms with Crippen LogP contribution < -0.4 is 5.32 Å². The number of amides is 1. The summed E-state index contributed by atoms with van der Waals surface area (Å²) in [4.78, 5) is 15.5. The Kier molecular flexibility index (Phi) is 3.44. The average Bonchev–Trinajstić information content (AvgIpc) is 2.90. The Morgan fingerprint density at radius 2 is 2.29 bits per heavy atom. The van der Waals surface area contributed by atoms with E-state index in [1.165, 1.54) is 0 Å². The summed E-state index contributed by atoms with van der Waals surface area (Å²) in [5, 5.41) is 10.6. The van der Waals surface area contributed by atoms with Crippen molar-refractivity contribution < 1.29 is 4.79 Å². The maximum atomic E-state index is 11.6. The number of aromatic nitrogens is 4. The van der Waals surface area contributed by atoms with Gasteiger partial charge in [0.2, 0.25) is 0 Å². The Balaban J connectivity index is 2.10. The SMILES string of the molecule is CCCNC(=O)c1ccc(-n2ccnc2)nn1. The van der Waals surface area contributed by atoms with Crippen molar-refractivity contribution in [2.45, 2.75) is 13.3 Å². The first-order valence-electron chi connectivity index (χ1n) is 5.41. The summed E-state index contributed by atoms with van der Waals surface area (Å²) in [6, 6.07) is 3.38. The van der Waals surface area contributed by atoms with E-state index in [1.54, 1.807) is 35.4 Å². The lowest BCUT2D eigenvalue weighted by Crippen LogP contribution is -2.25. The summed E-state index contributed by atoms with van der Waals surface area (Å²) in [6.45, 7) is 2.64. The summed E-state index contributed by atoms with van der Waals surface area (Å²) in [5.74, 6) is 0.436. The molecule has 2 aromatic rings. The number of rotatable bonds is 4. The van der Waals surface area contributed by atoms with Gasteiger partial charge in [0.05, 0.1) is 0 Å². The van der Waals surface area contributed by atoms with Crippen molar-refractivity contribution >= 4 is 5.91 Å². The highest BCUT2D eigenvalue weighted by molar-refractivity contribution is 5.92. The van der Waals surface area contributed by atoms with Crippen LogP contribution in [0.4, 0.5) is 0 Å². The molecule has 2 heterocycles. The fourth-order valence-corrected chi connectivity index (χ4v) is 1.31. The molecule has 0 unspecified atom stereocenters. The molecule has 0 saturated carbocycles. The summed E-state index contributed by atoms with van der Waals surface area (Å²) in [7, 11) is 0. The summed E-state index contributed by atoms with van der Waals surface area (Å²) < 4.78 is 1.72. The molecule has 6 nitrogen and oxygen atoms in total. The highest BCUT2D eigenvalue weighted by Crippen LogP contribution is 2.02. The highest BCUT2D eigenvalue weighted by atomic mass is 16.1. The van der Waals surface area contributed by atoms with E-state index < -0.39 is 0 Å². The van der Waals surface area contributed by atoms with Gasteiger partial charge in [0.25, 0.3) is 5.91 Å². The summed E-state index contributed by atoms with van der Waals surface area (Å²) >= 11 is 0. The molecule has 17 heavy (non-hydrogen) atoms. The quantitative estimate of drug-likeness (QED) is 0.844. The Labute approximate surface area is 98.7 Å². The first-order chi connectivity index (χ1) is 8.31. The van der Waals surface area contributed by atoms with Crippen LogP contribution >= 0.6 is 0 Å². The lowest BCUT2D eigenvalue weighted by Gasteiger charge is -2.03. The van der Waals surface area contributed by atoms with Crippen molar-refractivity contribution in [3.8, 4) is 5.82 Å². The number of hydrogen-bond acceptors (Lipinski definition) is 4. The van der Waals surface area contributed by atoms with Crippen LogP contribution in [0.3, 0.4) is 0 Å². The maximum absolute atomic E-state index is 11.6. The van der Waals surface area contributed by atoms with Gasteiger partial charge >= 0.3 is 0 Å². The van der Waals surface area contributed by atoms with Gasteiger partial charge in [0, 0.05) is 18.9 Å². The van der Waals surface area contributed by atoms with Crippen LogP contribution in [0.25, 0.3) is 5.82 Å². The molecule has 2 aromatic heterocycles. The minimum absolute atomic E-state index is 0.198. The van der Waals surface area contributed by atoms with Gasteiger partial charge in [0.15, 0.2) is 11.5 Å². The second-order valence-electron chi connectivity index (χ2n) is 3.50. The predicted octanol–water partition coefficient (Wildman–Crippen LogP) is 0.802. The van der Waals surface area contributed by atoms with Gasteiger partial charge in [-0.05, 0) is 18.6 Å². The van der Waals surface area contributed by atoms with Crippen LogP contribution in [0.5, 0.6) is 0 Å². The van der Waals surface area contributed by atoms with E-state index in [0.29, 0.717) is 18.1 Å². The molecular weight excluding hydrogens is 218 g/mol. The van der Waals surface area contributed by atoms with Gasteiger partial charge in [-0.1, -0.05) is 6.92 Å². The van der Waals surface area contributed by atoms with E-state index in [0.717, 1.165) is 6.42 Å². The molecule has 0 aliphatic carbocycles. The number of hydrogen-bond donors (Lipinski definition) is 1. The molecule has 6 heteroatoms. The Bertz CT molecular complexity index is 477. The second kappa shape index (κ2) is 5.20. The molecule has 1 amide bonds. The van der Waals surface area contributed by atoms with Crippen molar-refractivity contribution in [3.63, 3.8) is 0 Å². The molecule has 2 rings (SSSR count). The van der Waals surface area contributed by atoms with Crippen molar-refractivity contribution in [1.29, 1.82) is 0 Å². The number of carbonyl (C=O) groups excluding carboxylic acids is 1. The molecule has 0 atom stereocenters. The number of carbonyl (C=O) groups is 1. The van der Waals surface area contributed by atoms with Crippen LogP contribution in [0, 0.1) is 0 Å². The zero-order chi connectivity index (χ0) is 12.1. The van der Waals surface area contributed by atoms with E-state index in [9.17, 15) is 4.79 Å². The topological polar surface area (TPSA) is 72.7 Å². The highest BCUT2D eigenvalue weighted by Gasteiger charge is 2.07. The standard InChI is InChI=1S/C11H13N5O/c1-2-5-13-11(17)9-3-4-10(15-14-9)16-7-6-12-8-16/h3-4,6-8H,2,5H2,1H3,(H,13,17). The minimum Gasteiger partial charge on any atom is -0.351 e. The predicted molar refractivity (Wildman–Crippen MR) is 61.8 cm³/mol. The van der Waals surface area contributed by atoms with Gasteiger partial charge in [-0.15, -0.1) is 10.2 Å². The van der Waals surface area contributed by atoms with E-state index in [1.807, 2.05) is 6.92 Å². The van der Waals surface area contributed by atoms with Crippen molar-refractivity contribution in [1.82, 2.24) is 25.1 Å². The average molecular weight is 231 g/mol. The minimum atomic E-state index is -0.198. The van der Waals surface area contributed by atoms with Crippen molar-refractivity contribution in [2.24, 2.45) is 0 Å². The van der Waals surface area contributed by atoms with Crippen molar-refractivity contribution in [2.75, 3.05) is 6.54 Å². The third kappa shape index (κ3) is 2.66. The van der Waals surface area contributed by atoms with Crippen molar-refractivity contribution in [3.05, 3.63) is 36.5 Å². The third-order valence-electron chi connectivity index (χ3n) is 2.19. The van der Waals surface area contributed by atoms with Crippen LogP contribution in [0.15, 0.2) is 30.9 Å². The molecule has 0 saturated heterocycles. The Morgan fingerprint density at radius 3 is 2.88 bits per heavy atom. The van der Waals surface area contributed by atoms with Gasteiger partial charge < -0.3 is 5.32 Å². The zero-order valence-corrected chi connectivity index (χ0v) is 9.50. The van der Waals surface area contributed by atoms with E-state index in [2.05, 4.69) is 20.5 Å². The fourth-order valence-electron chi connectivity index (χ4n) is 1.31. The summed E-state index contributed by atoms with van der Waals surface area (Å²) in [5.41, 5.74) is 0.322. The first-order valence-corrected chi connectivity index (χ1v) is 5.41. The number of nitrogens with one attached hydrogen (secondary N) is 1. The molecule has 0 bridgehead atoms. The second-order valence-corrected chi connectivity index (χ2v) is 3.50. The van der Waals surface area contributed by atoms with E-state index in [-0.39, 0.29) is 5.91 Å². The Morgan fingerprint density at radius 1 is 1.41 bits per heavy atom. The number of nitrogens with zero attached hydrogens (tertiary/aromatic N) is 4. The van der Waals surface area contributed by atoms with Crippen LogP contribution in [-0.2, 0) is 0 Å². The van der Waals surface area contributed by atoms with Gasteiger partial charge in [-0.25, -0.2) is 4.98 Å². The largest absolute Gasteiger partial charge is 0.351 e. The molecule has 0 spiro atoms. The molecule has 88 valence electrons. The van der Waals surface area contributed by atoms with Gasteiger partial charge in [0.1, 0.15) is 6.33 Å². The van der Waals surface area contributed by atoms with Crippen LogP contribution in [0.1, 0.15) is 23.8 Å². The molecule has 0 aliphatic rings. The molecule has 0 aliphatic heterocycles. The van der Waals surface area contributed by atoms with E-state index in [4.69, 9.17) is 0 Å². The lowest BCUT2D eigenvalue weighted by atomic mass is 10.3. The molecule has 0 fully saturated rings. The third-order valence-corrected chi connectivity index (χ3v) is 2.19. The zero-order valence-electron chi connectivity index (χ0n) is 9.50. The number of imidazole rings is 1. The first kappa shape index (κ1) is 11.3. The van der Waals surface area contributed by atoms with Gasteiger partial charge in [-0.3, -0.25) is 9.36 Å². The van der Waals surface area contributed by atoms with Crippen LogP contribution in [-0.4, -0.2) is 32.2 Å². The molecule has 0 radical (unpaired) electrons. The van der Waals surface area contributed by atoms with E-state index >= 15 is 0 Å². The monoisotopic (exact) mass is 231 g/mol. The fraction of sp³-hybridized carbons (Fsp3) is 0.273. The Hall–Kier alpha value is -2.24. The van der Waals surface area contributed by atoms with Gasteiger partial charge in [-0.2, -0.15) is 0 Å².